The van der Waals surface area contributed by atoms with E-state index in [1.807, 2.05) is 30.3 Å². The third-order valence-electron chi connectivity index (χ3n) is 3.86. The van der Waals surface area contributed by atoms with Crippen LogP contribution >= 0.6 is 0 Å². The van der Waals surface area contributed by atoms with Gasteiger partial charge in [0, 0.05) is 19.7 Å². The van der Waals surface area contributed by atoms with E-state index in [4.69, 9.17) is 0 Å². The fourth-order valence-corrected chi connectivity index (χ4v) is 3.84. The first-order valence-electron chi connectivity index (χ1n) is 7.84. The first-order valence-corrected chi connectivity index (χ1v) is 9.69. The Morgan fingerprint density at radius 2 is 1.69 bits per heavy atom. The van der Waals surface area contributed by atoms with Crippen LogP contribution in [0.5, 0.6) is 0 Å². The van der Waals surface area contributed by atoms with Crippen molar-refractivity contribution in [1.29, 1.82) is 0 Å². The van der Waals surface area contributed by atoms with Crippen LogP contribution in [0.2, 0.25) is 0 Å². The molecule has 2 aromatic rings. The minimum absolute atomic E-state index is 0.111. The van der Waals surface area contributed by atoms with Crippen LogP contribution in [0.3, 0.4) is 0 Å². The van der Waals surface area contributed by atoms with Gasteiger partial charge in [-0.25, -0.2) is 17.2 Å². The quantitative estimate of drug-likeness (QED) is 0.772. The fraction of sp³-hybridized carbons (Fsp3) is 0.278. The summed E-state index contributed by atoms with van der Waals surface area (Å²) in [6.07, 6.45) is 0.912. The van der Waals surface area contributed by atoms with Crippen molar-refractivity contribution in [2.24, 2.45) is 0 Å². The summed E-state index contributed by atoms with van der Waals surface area (Å²) in [5, 5.41) is 0. The largest absolute Gasteiger partial charge is 0.340 e. The number of amides is 1. The number of hydrogen-bond donors (Lipinski definition) is 0. The van der Waals surface area contributed by atoms with Gasteiger partial charge in [0.25, 0.3) is 0 Å². The van der Waals surface area contributed by atoms with Gasteiger partial charge in [-0.05, 0) is 24.6 Å². The van der Waals surface area contributed by atoms with E-state index in [1.165, 1.54) is 11.8 Å². The molecule has 0 fully saturated rings. The van der Waals surface area contributed by atoms with Gasteiger partial charge in [-0.15, -0.1) is 0 Å². The lowest BCUT2D eigenvalue weighted by atomic mass is 10.2. The Bertz CT molecular complexity index is 889. The molecule has 0 aromatic heterocycles. The van der Waals surface area contributed by atoms with Gasteiger partial charge in [-0.3, -0.25) is 9.10 Å². The first-order chi connectivity index (χ1) is 12.1. The Labute approximate surface area is 151 Å². The SMILES string of the molecule is C[C@@H](C(=O)N(C)Cc1ccccc1)N(c1ccc(F)c(F)c1)S(C)(=O)=O. The van der Waals surface area contributed by atoms with Crippen LogP contribution in [0.25, 0.3) is 0 Å². The fourth-order valence-electron chi connectivity index (χ4n) is 2.68. The number of carbonyl (C=O) groups excluding carboxylic acids is 1. The lowest BCUT2D eigenvalue weighted by Gasteiger charge is -2.31. The summed E-state index contributed by atoms with van der Waals surface area (Å²) < 4.78 is 51.9. The second-order valence-electron chi connectivity index (χ2n) is 6.01. The van der Waals surface area contributed by atoms with E-state index in [0.717, 1.165) is 34.3 Å². The highest BCUT2D eigenvalue weighted by Crippen LogP contribution is 2.24. The Morgan fingerprint density at radius 3 is 2.23 bits per heavy atom. The van der Waals surface area contributed by atoms with E-state index in [-0.39, 0.29) is 5.69 Å². The third kappa shape index (κ3) is 4.57. The predicted molar refractivity (Wildman–Crippen MR) is 96.1 cm³/mol. The number of sulfonamides is 1. The number of nitrogens with zero attached hydrogens (tertiary/aromatic N) is 2. The number of carbonyl (C=O) groups is 1. The molecule has 0 saturated carbocycles. The topological polar surface area (TPSA) is 57.7 Å². The summed E-state index contributed by atoms with van der Waals surface area (Å²) in [7, 11) is -2.35. The number of rotatable bonds is 6. The molecular formula is C18H20F2N2O3S. The smallest absolute Gasteiger partial charge is 0.246 e. The van der Waals surface area contributed by atoms with Crippen molar-refractivity contribution in [2.45, 2.75) is 19.5 Å². The first kappa shape index (κ1) is 19.8. The van der Waals surface area contributed by atoms with E-state index >= 15 is 0 Å². The van der Waals surface area contributed by atoms with E-state index in [0.29, 0.717) is 6.54 Å². The number of hydrogen-bond acceptors (Lipinski definition) is 3. The van der Waals surface area contributed by atoms with Crippen LogP contribution in [-0.2, 0) is 21.4 Å². The molecule has 140 valence electrons. The highest BCUT2D eigenvalue weighted by atomic mass is 32.2. The highest BCUT2D eigenvalue weighted by molar-refractivity contribution is 7.92. The minimum Gasteiger partial charge on any atom is -0.340 e. The molecule has 0 bridgehead atoms. The summed E-state index contributed by atoms with van der Waals surface area (Å²) in [5.74, 6) is -2.75. The molecule has 0 unspecified atom stereocenters. The number of likely N-dealkylation sites (N-methyl/N-ethyl adjacent to an activating group) is 1. The van der Waals surface area contributed by atoms with Crippen LogP contribution in [0.15, 0.2) is 48.5 Å². The minimum atomic E-state index is -3.90. The van der Waals surface area contributed by atoms with Gasteiger partial charge >= 0.3 is 0 Å². The zero-order chi connectivity index (χ0) is 19.5. The zero-order valence-corrected chi connectivity index (χ0v) is 15.5. The Kier molecular flexibility index (Phi) is 5.97. The number of benzene rings is 2. The molecule has 1 atom stereocenters. The Morgan fingerprint density at radius 1 is 1.08 bits per heavy atom. The molecule has 26 heavy (non-hydrogen) atoms. The summed E-state index contributed by atoms with van der Waals surface area (Å²) in [6, 6.07) is 10.8. The molecule has 0 heterocycles. The van der Waals surface area contributed by atoms with Crippen molar-refractivity contribution in [3.8, 4) is 0 Å². The van der Waals surface area contributed by atoms with Gasteiger partial charge in [-0.1, -0.05) is 30.3 Å². The molecule has 0 saturated heterocycles. The van der Waals surface area contributed by atoms with Crippen LogP contribution < -0.4 is 4.31 Å². The lowest BCUT2D eigenvalue weighted by Crippen LogP contribution is -2.48. The predicted octanol–water partition coefficient (Wildman–Crippen LogP) is 2.78. The second kappa shape index (κ2) is 7.82. The summed E-state index contributed by atoms with van der Waals surface area (Å²) in [5.41, 5.74) is 0.773. The average molecular weight is 382 g/mol. The maximum absolute atomic E-state index is 13.5. The van der Waals surface area contributed by atoms with Crippen LogP contribution in [-0.4, -0.2) is 38.6 Å². The molecule has 0 spiro atoms. The zero-order valence-electron chi connectivity index (χ0n) is 14.7. The van der Waals surface area contributed by atoms with E-state index in [1.54, 1.807) is 7.05 Å². The van der Waals surface area contributed by atoms with E-state index in [2.05, 4.69) is 0 Å². The van der Waals surface area contributed by atoms with Gasteiger partial charge < -0.3 is 4.90 Å². The van der Waals surface area contributed by atoms with Crippen LogP contribution in [0, 0.1) is 11.6 Å². The van der Waals surface area contributed by atoms with E-state index in [9.17, 15) is 22.0 Å². The maximum Gasteiger partial charge on any atom is 0.246 e. The Balaban J connectivity index is 2.30. The molecular weight excluding hydrogens is 362 g/mol. The highest BCUT2D eigenvalue weighted by Gasteiger charge is 2.31. The van der Waals surface area contributed by atoms with Crippen molar-refractivity contribution in [1.82, 2.24) is 4.90 Å². The molecule has 0 aliphatic rings. The Hall–Kier alpha value is -2.48. The van der Waals surface area contributed by atoms with Gasteiger partial charge in [0.1, 0.15) is 6.04 Å². The van der Waals surface area contributed by atoms with Gasteiger partial charge in [0.05, 0.1) is 11.9 Å². The van der Waals surface area contributed by atoms with Crippen molar-refractivity contribution in [2.75, 3.05) is 17.6 Å². The van der Waals surface area contributed by atoms with Gasteiger partial charge in [0.2, 0.25) is 15.9 Å². The van der Waals surface area contributed by atoms with Crippen molar-refractivity contribution < 1.29 is 22.0 Å². The molecule has 1 amide bonds. The number of halogens is 2. The maximum atomic E-state index is 13.5. The summed E-state index contributed by atoms with van der Waals surface area (Å²) in [6.45, 7) is 1.70. The van der Waals surface area contributed by atoms with Crippen molar-refractivity contribution >= 4 is 21.6 Å². The molecule has 2 aromatic carbocycles. The molecule has 5 nitrogen and oxygen atoms in total. The van der Waals surface area contributed by atoms with Gasteiger partial charge in [0.15, 0.2) is 11.6 Å². The monoisotopic (exact) mass is 382 g/mol. The number of anilines is 1. The molecule has 0 aliphatic carbocycles. The lowest BCUT2D eigenvalue weighted by molar-refractivity contribution is -0.131. The van der Waals surface area contributed by atoms with Crippen LogP contribution in [0.4, 0.5) is 14.5 Å². The standard InChI is InChI=1S/C18H20F2N2O3S/c1-13(18(23)21(2)12-14-7-5-4-6-8-14)22(26(3,24)25)15-9-10-16(19)17(20)11-15/h4-11,13H,12H2,1-3H3/t13-/m0/s1. The third-order valence-corrected chi connectivity index (χ3v) is 5.10. The summed E-state index contributed by atoms with van der Waals surface area (Å²) in [4.78, 5) is 14.1. The molecule has 8 heteroatoms. The normalized spacial score (nSPS) is 12.5. The van der Waals surface area contributed by atoms with E-state index < -0.39 is 33.6 Å². The van der Waals surface area contributed by atoms with Crippen molar-refractivity contribution in [3.63, 3.8) is 0 Å². The van der Waals surface area contributed by atoms with Crippen molar-refractivity contribution in [3.05, 3.63) is 65.7 Å². The molecule has 0 N–H and O–H groups in total. The summed E-state index contributed by atoms with van der Waals surface area (Å²) >= 11 is 0. The second-order valence-corrected chi connectivity index (χ2v) is 7.87. The molecule has 2 rings (SSSR count). The average Bonchev–Trinajstić information content (AvgIpc) is 2.57. The van der Waals surface area contributed by atoms with Gasteiger partial charge in [-0.2, -0.15) is 0 Å². The molecule has 0 radical (unpaired) electrons. The van der Waals surface area contributed by atoms with Crippen LogP contribution in [0.1, 0.15) is 12.5 Å². The molecule has 0 aliphatic heterocycles.